The van der Waals surface area contributed by atoms with Crippen LogP contribution in [0.3, 0.4) is 0 Å². The molecule has 1 aromatic heterocycles. The summed E-state index contributed by atoms with van der Waals surface area (Å²) in [5.41, 5.74) is 7.31. The molecule has 1 amide bonds. The number of hydrogen-bond acceptors (Lipinski definition) is 3. The molecule has 1 aliphatic carbocycles. The highest BCUT2D eigenvalue weighted by Crippen LogP contribution is 2.34. The second-order valence-corrected chi connectivity index (χ2v) is 8.06. The van der Waals surface area contributed by atoms with Gasteiger partial charge in [-0.3, -0.25) is 4.79 Å². The predicted molar refractivity (Wildman–Crippen MR) is 87.8 cm³/mol. The van der Waals surface area contributed by atoms with Crippen molar-refractivity contribution in [3.8, 4) is 0 Å². The van der Waals surface area contributed by atoms with E-state index in [2.05, 4.69) is 19.9 Å². The summed E-state index contributed by atoms with van der Waals surface area (Å²) in [6.45, 7) is 6.01. The van der Waals surface area contributed by atoms with Gasteiger partial charge >= 0.3 is 0 Å². The van der Waals surface area contributed by atoms with Crippen molar-refractivity contribution in [2.45, 2.75) is 52.0 Å². The van der Waals surface area contributed by atoms with Crippen molar-refractivity contribution in [2.75, 3.05) is 13.1 Å². The molecule has 1 fully saturated rings. The first-order valence-corrected chi connectivity index (χ1v) is 9.02. The van der Waals surface area contributed by atoms with Crippen LogP contribution in [0.25, 0.3) is 0 Å². The minimum Gasteiger partial charge on any atom is -0.334 e. The average Bonchev–Trinajstić information content (AvgIpc) is 2.89. The van der Waals surface area contributed by atoms with Gasteiger partial charge in [0.1, 0.15) is 0 Å². The van der Waals surface area contributed by atoms with Crippen LogP contribution in [0.2, 0.25) is 0 Å². The molecule has 21 heavy (non-hydrogen) atoms. The van der Waals surface area contributed by atoms with Gasteiger partial charge in [0.25, 0.3) is 5.91 Å². The number of piperidine rings is 1. The molecule has 2 N–H and O–H groups in total. The molecule has 3 atom stereocenters. The number of hydrogen-bond donors (Lipinski definition) is 1. The van der Waals surface area contributed by atoms with Crippen LogP contribution < -0.4 is 5.73 Å². The molecule has 3 rings (SSSR count). The van der Waals surface area contributed by atoms with Crippen LogP contribution in [0.15, 0.2) is 6.07 Å². The van der Waals surface area contributed by atoms with Crippen molar-refractivity contribution < 1.29 is 4.79 Å². The largest absolute Gasteiger partial charge is 0.334 e. The molecule has 1 aromatic rings. The number of nitrogens with two attached hydrogens (primary N) is 1. The summed E-state index contributed by atoms with van der Waals surface area (Å²) in [6.07, 6.45) is 5.69. The van der Waals surface area contributed by atoms with Crippen LogP contribution >= 0.6 is 11.3 Å². The number of aryl methyl sites for hydroxylation is 1. The quantitative estimate of drug-likeness (QED) is 0.912. The lowest BCUT2D eigenvalue weighted by Gasteiger charge is -2.37. The van der Waals surface area contributed by atoms with Gasteiger partial charge in [0, 0.05) is 24.0 Å². The molecule has 2 aliphatic rings. The van der Waals surface area contributed by atoms with Gasteiger partial charge in [-0.2, -0.15) is 0 Å². The van der Waals surface area contributed by atoms with E-state index in [0.29, 0.717) is 12.5 Å². The Hall–Kier alpha value is -0.870. The molecular weight excluding hydrogens is 280 g/mol. The molecule has 116 valence electrons. The average molecular weight is 306 g/mol. The van der Waals surface area contributed by atoms with E-state index in [4.69, 9.17) is 5.73 Å². The first kappa shape index (κ1) is 15.0. The number of rotatable bonds is 2. The van der Waals surface area contributed by atoms with Crippen LogP contribution in [-0.4, -0.2) is 29.9 Å². The monoisotopic (exact) mass is 306 g/mol. The Labute approximate surface area is 131 Å². The van der Waals surface area contributed by atoms with Gasteiger partial charge in [-0.1, -0.05) is 13.8 Å². The van der Waals surface area contributed by atoms with E-state index in [0.717, 1.165) is 43.0 Å². The van der Waals surface area contributed by atoms with Gasteiger partial charge in [-0.15, -0.1) is 11.3 Å². The van der Waals surface area contributed by atoms with E-state index in [1.807, 2.05) is 4.90 Å². The summed E-state index contributed by atoms with van der Waals surface area (Å²) >= 11 is 1.72. The molecule has 0 bridgehead atoms. The van der Waals surface area contributed by atoms with Gasteiger partial charge in [0.15, 0.2) is 0 Å². The van der Waals surface area contributed by atoms with Crippen LogP contribution in [-0.2, 0) is 12.8 Å². The molecule has 3 unspecified atom stereocenters. The van der Waals surface area contributed by atoms with Gasteiger partial charge in [-0.05, 0) is 55.6 Å². The fraction of sp³-hybridized carbons (Fsp3) is 0.706. The summed E-state index contributed by atoms with van der Waals surface area (Å²) in [4.78, 5) is 17.3. The Kier molecular flexibility index (Phi) is 4.36. The maximum Gasteiger partial charge on any atom is 0.264 e. The fourth-order valence-corrected chi connectivity index (χ4v) is 4.86. The summed E-state index contributed by atoms with van der Waals surface area (Å²) in [5, 5.41) is 0. The Bertz CT molecular complexity index is 525. The minimum absolute atomic E-state index is 0.212. The molecule has 0 aromatic carbocycles. The van der Waals surface area contributed by atoms with Crippen LogP contribution in [0.4, 0.5) is 0 Å². The second kappa shape index (κ2) is 6.09. The summed E-state index contributed by atoms with van der Waals surface area (Å²) in [6, 6.07) is 2.38. The van der Waals surface area contributed by atoms with Crippen molar-refractivity contribution in [1.29, 1.82) is 0 Å². The SMILES string of the molecule is CC1CCc2sc(C(=O)N3CCC(C)CC3CN)cc2C1. The highest BCUT2D eigenvalue weighted by molar-refractivity contribution is 7.14. The third-order valence-corrected chi connectivity index (χ3v) is 6.28. The summed E-state index contributed by atoms with van der Waals surface area (Å²) in [5.74, 6) is 1.65. The second-order valence-electron chi connectivity index (χ2n) is 6.92. The van der Waals surface area contributed by atoms with E-state index in [1.165, 1.54) is 16.9 Å². The Morgan fingerprint density at radius 3 is 2.95 bits per heavy atom. The molecular formula is C17H26N2OS. The maximum atomic E-state index is 12.9. The van der Waals surface area contributed by atoms with Crippen molar-refractivity contribution in [2.24, 2.45) is 17.6 Å². The number of amides is 1. The van der Waals surface area contributed by atoms with Gasteiger partial charge in [0.2, 0.25) is 0 Å². The standard InChI is InChI=1S/C17H26N2OS/c1-11-3-4-15-13(7-11)9-16(21-15)17(20)19-6-5-12(2)8-14(19)10-18/h9,11-12,14H,3-8,10,18H2,1-2H3. The molecule has 1 aliphatic heterocycles. The van der Waals surface area contributed by atoms with Crippen molar-refractivity contribution >= 4 is 17.2 Å². The highest BCUT2D eigenvalue weighted by atomic mass is 32.1. The molecule has 2 heterocycles. The van der Waals surface area contributed by atoms with Gasteiger partial charge < -0.3 is 10.6 Å². The first-order valence-electron chi connectivity index (χ1n) is 8.21. The molecule has 4 heteroatoms. The Balaban J connectivity index is 1.78. The fourth-order valence-electron chi connectivity index (χ4n) is 3.70. The van der Waals surface area contributed by atoms with Crippen molar-refractivity contribution in [3.05, 3.63) is 21.4 Å². The third-order valence-electron chi connectivity index (χ3n) is 5.05. The highest BCUT2D eigenvalue weighted by Gasteiger charge is 2.31. The molecule has 1 saturated heterocycles. The number of fused-ring (bicyclic) bond motifs is 1. The molecule has 0 radical (unpaired) electrons. The topological polar surface area (TPSA) is 46.3 Å². The number of nitrogens with zero attached hydrogens (tertiary/aromatic N) is 1. The molecule has 0 spiro atoms. The van der Waals surface area contributed by atoms with E-state index in [9.17, 15) is 4.79 Å². The lowest BCUT2D eigenvalue weighted by atomic mass is 9.90. The van der Waals surface area contributed by atoms with Crippen molar-refractivity contribution in [1.82, 2.24) is 4.90 Å². The molecule has 0 saturated carbocycles. The van der Waals surface area contributed by atoms with E-state index in [1.54, 1.807) is 11.3 Å². The Morgan fingerprint density at radius 2 is 2.19 bits per heavy atom. The molecule has 3 nitrogen and oxygen atoms in total. The zero-order valence-electron chi connectivity index (χ0n) is 13.1. The van der Waals surface area contributed by atoms with E-state index in [-0.39, 0.29) is 11.9 Å². The summed E-state index contributed by atoms with van der Waals surface area (Å²) in [7, 11) is 0. The number of carbonyl (C=O) groups is 1. The predicted octanol–water partition coefficient (Wildman–Crippen LogP) is 3.07. The number of thiophene rings is 1. The smallest absolute Gasteiger partial charge is 0.264 e. The van der Waals surface area contributed by atoms with E-state index < -0.39 is 0 Å². The van der Waals surface area contributed by atoms with Crippen LogP contribution in [0.5, 0.6) is 0 Å². The lowest BCUT2D eigenvalue weighted by Crippen LogP contribution is -2.49. The van der Waals surface area contributed by atoms with Crippen LogP contribution in [0.1, 0.15) is 53.2 Å². The zero-order valence-corrected chi connectivity index (χ0v) is 13.9. The van der Waals surface area contributed by atoms with Gasteiger partial charge in [-0.25, -0.2) is 0 Å². The van der Waals surface area contributed by atoms with Crippen molar-refractivity contribution in [3.63, 3.8) is 0 Å². The van der Waals surface area contributed by atoms with E-state index >= 15 is 0 Å². The zero-order chi connectivity index (χ0) is 15.0. The Morgan fingerprint density at radius 1 is 1.38 bits per heavy atom. The summed E-state index contributed by atoms with van der Waals surface area (Å²) < 4.78 is 0. The van der Waals surface area contributed by atoms with Gasteiger partial charge in [0.05, 0.1) is 4.88 Å². The number of carbonyl (C=O) groups excluding carboxylic acids is 1. The lowest BCUT2D eigenvalue weighted by molar-refractivity contribution is 0.0578. The van der Waals surface area contributed by atoms with Crippen LogP contribution in [0, 0.1) is 11.8 Å². The third kappa shape index (κ3) is 3.02. The normalized spacial score (nSPS) is 29.3. The maximum absolute atomic E-state index is 12.9. The minimum atomic E-state index is 0.212. The number of likely N-dealkylation sites (tertiary alicyclic amines) is 1. The first-order chi connectivity index (χ1) is 10.1.